The minimum atomic E-state index is 0.0901. The highest BCUT2D eigenvalue weighted by molar-refractivity contribution is 7.80. The molecule has 0 saturated carbocycles. The Balaban J connectivity index is 2.04. The Morgan fingerprint density at radius 3 is 2.68 bits per heavy atom. The Kier molecular flexibility index (Phi) is 2.98. The van der Waals surface area contributed by atoms with Crippen molar-refractivity contribution < 1.29 is 0 Å². The van der Waals surface area contributed by atoms with E-state index in [1.807, 2.05) is 31.4 Å². The molecule has 1 aliphatic heterocycles. The summed E-state index contributed by atoms with van der Waals surface area (Å²) in [6.07, 6.45) is 3.88. The summed E-state index contributed by atoms with van der Waals surface area (Å²) < 4.78 is 2.13. The molecule has 0 aromatic carbocycles. The van der Waals surface area contributed by atoms with Crippen LogP contribution in [0, 0.1) is 0 Å². The van der Waals surface area contributed by atoms with Gasteiger partial charge in [-0.3, -0.25) is 4.98 Å². The van der Waals surface area contributed by atoms with Crippen LogP contribution in [0.2, 0.25) is 0 Å². The van der Waals surface area contributed by atoms with Crippen LogP contribution in [-0.4, -0.2) is 26.6 Å². The second kappa shape index (κ2) is 4.66. The molecule has 0 amide bonds. The third kappa shape index (κ3) is 2.00. The van der Waals surface area contributed by atoms with Crippen molar-refractivity contribution in [3.8, 4) is 0 Å². The van der Waals surface area contributed by atoms with Crippen molar-refractivity contribution in [1.29, 1.82) is 0 Å². The molecule has 19 heavy (non-hydrogen) atoms. The van der Waals surface area contributed by atoms with Gasteiger partial charge in [0.1, 0.15) is 0 Å². The summed E-state index contributed by atoms with van der Waals surface area (Å²) in [5, 5.41) is 4.13. The minimum absolute atomic E-state index is 0.0901. The first-order valence-corrected chi connectivity index (χ1v) is 6.65. The average Bonchev–Trinajstić information content (AvgIpc) is 2.96. The van der Waals surface area contributed by atoms with Gasteiger partial charge in [-0.1, -0.05) is 6.07 Å². The lowest BCUT2D eigenvalue weighted by molar-refractivity contribution is 0.353. The smallest absolute Gasteiger partial charge is 0.169 e. The molecule has 1 fully saturated rings. The van der Waals surface area contributed by atoms with Gasteiger partial charge in [0.2, 0.25) is 0 Å². The Labute approximate surface area is 118 Å². The molecule has 4 nitrogen and oxygen atoms in total. The number of rotatable bonds is 2. The van der Waals surface area contributed by atoms with Gasteiger partial charge in [-0.05, 0) is 36.5 Å². The topological polar surface area (TPSA) is 33.1 Å². The van der Waals surface area contributed by atoms with E-state index >= 15 is 0 Å². The average molecular weight is 272 g/mol. The second-order valence-electron chi connectivity index (χ2n) is 4.78. The molecule has 1 saturated heterocycles. The van der Waals surface area contributed by atoms with Gasteiger partial charge in [0.15, 0.2) is 5.11 Å². The summed E-state index contributed by atoms with van der Waals surface area (Å²) in [6, 6.07) is 10.4. The fourth-order valence-electron chi connectivity index (χ4n) is 2.61. The predicted octanol–water partition coefficient (Wildman–Crippen LogP) is 2.02. The van der Waals surface area contributed by atoms with Gasteiger partial charge in [-0.2, -0.15) is 0 Å². The van der Waals surface area contributed by atoms with E-state index in [0.29, 0.717) is 0 Å². The number of pyridine rings is 1. The Bertz CT molecular complexity index is 593. The molecule has 0 radical (unpaired) electrons. The van der Waals surface area contributed by atoms with Crippen LogP contribution in [0.1, 0.15) is 23.5 Å². The van der Waals surface area contributed by atoms with E-state index in [1.54, 1.807) is 0 Å². The standard InChI is InChI=1S/C14H16N4S/c1-17-9-5-7-11(17)13-12(16-14(19)18(13)2)10-6-3-4-8-15-10/h3-9,12-13H,1-2H3,(H,16,19). The van der Waals surface area contributed by atoms with Gasteiger partial charge in [-0.25, -0.2) is 0 Å². The molecular formula is C14H16N4S. The van der Waals surface area contributed by atoms with Crippen LogP contribution in [0.4, 0.5) is 0 Å². The number of hydrogen-bond acceptors (Lipinski definition) is 2. The first-order chi connectivity index (χ1) is 9.18. The van der Waals surface area contributed by atoms with E-state index in [2.05, 4.69) is 45.1 Å². The lowest BCUT2D eigenvalue weighted by Gasteiger charge is -2.24. The quantitative estimate of drug-likeness (QED) is 0.848. The van der Waals surface area contributed by atoms with Gasteiger partial charge < -0.3 is 14.8 Å². The van der Waals surface area contributed by atoms with Crippen LogP contribution in [0.15, 0.2) is 42.7 Å². The number of thiocarbonyl (C=S) groups is 1. The zero-order valence-corrected chi connectivity index (χ0v) is 11.8. The second-order valence-corrected chi connectivity index (χ2v) is 5.17. The number of aryl methyl sites for hydroxylation is 1. The van der Waals surface area contributed by atoms with Gasteiger partial charge >= 0.3 is 0 Å². The number of nitrogens with zero attached hydrogens (tertiary/aromatic N) is 3. The highest BCUT2D eigenvalue weighted by Crippen LogP contribution is 2.37. The summed E-state index contributed by atoms with van der Waals surface area (Å²) in [6.45, 7) is 0. The van der Waals surface area contributed by atoms with Crippen molar-refractivity contribution in [2.45, 2.75) is 12.1 Å². The number of aromatic nitrogens is 2. The third-order valence-electron chi connectivity index (χ3n) is 3.63. The Morgan fingerprint density at radius 1 is 1.21 bits per heavy atom. The molecule has 98 valence electrons. The fraction of sp³-hybridized carbons (Fsp3) is 0.286. The molecule has 5 heteroatoms. The summed E-state index contributed by atoms with van der Waals surface area (Å²) in [5.74, 6) is 0. The molecule has 1 N–H and O–H groups in total. The normalized spacial score (nSPS) is 22.6. The SMILES string of the molecule is CN1C(=S)NC(c2ccccn2)C1c1cccn1C. The predicted molar refractivity (Wildman–Crippen MR) is 78.6 cm³/mol. The first kappa shape index (κ1) is 12.2. The lowest BCUT2D eigenvalue weighted by atomic mass is 10.0. The molecule has 2 unspecified atom stereocenters. The largest absolute Gasteiger partial charge is 0.353 e. The Morgan fingerprint density at radius 2 is 2.05 bits per heavy atom. The Hall–Kier alpha value is -1.88. The maximum atomic E-state index is 5.39. The van der Waals surface area contributed by atoms with Crippen molar-refractivity contribution in [2.75, 3.05) is 7.05 Å². The van der Waals surface area contributed by atoms with Crippen molar-refractivity contribution in [3.05, 3.63) is 54.1 Å². The summed E-state index contributed by atoms with van der Waals surface area (Å²) >= 11 is 5.39. The molecule has 3 rings (SSSR count). The first-order valence-electron chi connectivity index (χ1n) is 6.24. The van der Waals surface area contributed by atoms with Crippen LogP contribution >= 0.6 is 12.2 Å². The van der Waals surface area contributed by atoms with Gasteiger partial charge in [0, 0.05) is 32.2 Å². The summed E-state index contributed by atoms with van der Waals surface area (Å²) in [7, 11) is 4.08. The molecular weight excluding hydrogens is 256 g/mol. The van der Waals surface area contributed by atoms with Crippen LogP contribution in [0.3, 0.4) is 0 Å². The van der Waals surface area contributed by atoms with E-state index in [-0.39, 0.29) is 12.1 Å². The number of likely N-dealkylation sites (N-methyl/N-ethyl adjacent to an activating group) is 1. The van der Waals surface area contributed by atoms with Crippen LogP contribution < -0.4 is 5.32 Å². The molecule has 2 aromatic rings. The van der Waals surface area contributed by atoms with Gasteiger partial charge in [-0.15, -0.1) is 0 Å². The fourth-order valence-corrected chi connectivity index (χ4v) is 2.85. The van der Waals surface area contributed by atoms with E-state index in [0.717, 1.165) is 10.8 Å². The lowest BCUT2D eigenvalue weighted by Crippen LogP contribution is -2.25. The third-order valence-corrected chi connectivity index (χ3v) is 4.03. The maximum absolute atomic E-state index is 5.39. The van der Waals surface area contributed by atoms with Crippen molar-refractivity contribution in [1.82, 2.24) is 19.8 Å². The molecule has 1 aliphatic rings. The molecule has 0 bridgehead atoms. The monoisotopic (exact) mass is 272 g/mol. The molecule has 2 aromatic heterocycles. The molecule has 0 spiro atoms. The minimum Gasteiger partial charge on any atom is -0.353 e. The van der Waals surface area contributed by atoms with E-state index in [4.69, 9.17) is 12.2 Å². The van der Waals surface area contributed by atoms with Crippen molar-refractivity contribution in [3.63, 3.8) is 0 Å². The number of hydrogen-bond donors (Lipinski definition) is 1. The van der Waals surface area contributed by atoms with E-state index < -0.39 is 0 Å². The van der Waals surface area contributed by atoms with Crippen molar-refractivity contribution >= 4 is 17.3 Å². The molecule has 3 heterocycles. The zero-order valence-electron chi connectivity index (χ0n) is 10.9. The summed E-state index contributed by atoms with van der Waals surface area (Å²) in [5.41, 5.74) is 2.24. The van der Waals surface area contributed by atoms with Crippen LogP contribution in [0.5, 0.6) is 0 Å². The van der Waals surface area contributed by atoms with Crippen LogP contribution in [0.25, 0.3) is 0 Å². The van der Waals surface area contributed by atoms with E-state index in [1.165, 1.54) is 5.69 Å². The highest BCUT2D eigenvalue weighted by Gasteiger charge is 2.38. The molecule has 2 atom stereocenters. The maximum Gasteiger partial charge on any atom is 0.169 e. The van der Waals surface area contributed by atoms with Crippen LogP contribution in [-0.2, 0) is 7.05 Å². The van der Waals surface area contributed by atoms with Gasteiger partial charge in [0.25, 0.3) is 0 Å². The highest BCUT2D eigenvalue weighted by atomic mass is 32.1. The van der Waals surface area contributed by atoms with E-state index in [9.17, 15) is 0 Å². The number of nitrogens with one attached hydrogen (secondary N) is 1. The van der Waals surface area contributed by atoms with Gasteiger partial charge in [0.05, 0.1) is 17.8 Å². The summed E-state index contributed by atoms with van der Waals surface area (Å²) in [4.78, 5) is 6.56. The van der Waals surface area contributed by atoms with Crippen molar-refractivity contribution in [2.24, 2.45) is 7.05 Å². The zero-order chi connectivity index (χ0) is 13.4. The molecule has 0 aliphatic carbocycles.